The second-order valence-electron chi connectivity index (χ2n) is 6.08. The van der Waals surface area contributed by atoms with Gasteiger partial charge in [-0.15, -0.1) is 0 Å². The highest BCUT2D eigenvalue weighted by atomic mass is 16.5. The third kappa shape index (κ3) is 3.49. The lowest BCUT2D eigenvalue weighted by Gasteiger charge is -2.20. The van der Waals surface area contributed by atoms with Gasteiger partial charge in [0.15, 0.2) is 0 Å². The van der Waals surface area contributed by atoms with Gasteiger partial charge in [-0.2, -0.15) is 0 Å². The molecule has 1 aromatic carbocycles. The van der Waals surface area contributed by atoms with Crippen LogP contribution in [-0.4, -0.2) is 34.7 Å². The molecule has 0 spiro atoms. The number of carbonyl (C=O) groups is 1. The molecule has 0 saturated carbocycles. The van der Waals surface area contributed by atoms with E-state index in [1.807, 2.05) is 6.92 Å². The Balaban J connectivity index is 1.90. The van der Waals surface area contributed by atoms with Crippen LogP contribution in [0.25, 0.3) is 0 Å². The zero-order valence-electron chi connectivity index (χ0n) is 14.8. The van der Waals surface area contributed by atoms with E-state index in [2.05, 4.69) is 9.97 Å². The van der Waals surface area contributed by atoms with E-state index >= 15 is 0 Å². The number of aryl methyl sites for hydroxylation is 1. The highest BCUT2D eigenvalue weighted by molar-refractivity contribution is 6.62. The lowest BCUT2D eigenvalue weighted by atomic mass is 9.77. The minimum absolute atomic E-state index is 0.291. The van der Waals surface area contributed by atoms with Gasteiger partial charge in [-0.1, -0.05) is 0 Å². The molecule has 3 N–H and O–H groups in total. The van der Waals surface area contributed by atoms with Crippen LogP contribution in [0, 0.1) is 12.8 Å². The maximum Gasteiger partial charge on any atom is 0.492 e. The zero-order chi connectivity index (χ0) is 18.8. The molecule has 1 aliphatic rings. The Hall–Kier alpha value is -2.65. The molecule has 0 fully saturated rings. The number of hydrogen-bond acceptors (Lipinski definition) is 8. The molecule has 2 atom stereocenters. The number of anilines is 1. The molecule has 136 valence electrons. The van der Waals surface area contributed by atoms with Crippen molar-refractivity contribution in [3.63, 3.8) is 0 Å². The monoisotopic (exact) mass is 357 g/mol. The smallest absolute Gasteiger partial charge is 0.466 e. The number of nitrogen functional groups attached to an aromatic ring is 1. The average molecular weight is 357 g/mol. The lowest BCUT2D eigenvalue weighted by molar-refractivity contribution is -0.150. The summed E-state index contributed by atoms with van der Waals surface area (Å²) in [6.07, 6.45) is 0.725. The molecule has 0 radical (unpaired) electrons. The first kappa shape index (κ1) is 18.2. The van der Waals surface area contributed by atoms with Gasteiger partial charge in [0.05, 0.1) is 18.6 Å². The minimum atomic E-state index is -1.15. The average Bonchev–Trinajstić information content (AvgIpc) is 2.92. The van der Waals surface area contributed by atoms with E-state index in [0.29, 0.717) is 29.5 Å². The van der Waals surface area contributed by atoms with Crippen LogP contribution in [0.3, 0.4) is 0 Å². The van der Waals surface area contributed by atoms with E-state index in [0.717, 1.165) is 11.1 Å². The molecule has 2 heterocycles. The van der Waals surface area contributed by atoms with Gasteiger partial charge in [-0.25, -0.2) is 9.97 Å². The number of fused-ring (bicyclic) bond motifs is 1. The Kier molecular flexibility index (Phi) is 5.10. The van der Waals surface area contributed by atoms with Crippen LogP contribution < -0.4 is 15.9 Å². The number of nitrogens with zero attached hydrogens (tertiary/aromatic N) is 2. The molecule has 8 nitrogen and oxygen atoms in total. The molecule has 0 saturated heterocycles. The van der Waals surface area contributed by atoms with E-state index in [4.69, 9.17) is 19.9 Å². The lowest BCUT2D eigenvalue weighted by Crippen LogP contribution is -2.28. The van der Waals surface area contributed by atoms with Crippen molar-refractivity contribution in [3.8, 4) is 11.6 Å². The standard InChI is InChI=1S/C17H20BN3O5/c1-4-24-17(22)10(3)16-15-9(2)5-11(6-12(15)18(23)26-16)25-14-7-13(19)20-8-21-14/h5-8,10,16,23H,4H2,1-3H3,(H2,19,20,21). The van der Waals surface area contributed by atoms with Crippen molar-refractivity contribution in [2.45, 2.75) is 26.9 Å². The largest absolute Gasteiger partial charge is 0.492 e. The van der Waals surface area contributed by atoms with Crippen LogP contribution in [0.15, 0.2) is 24.5 Å². The number of hydrogen-bond donors (Lipinski definition) is 2. The number of nitrogens with two attached hydrogens (primary N) is 1. The first-order valence-electron chi connectivity index (χ1n) is 8.30. The summed E-state index contributed by atoms with van der Waals surface area (Å²) in [5.74, 6) is 0.152. The van der Waals surface area contributed by atoms with Crippen LogP contribution in [0.1, 0.15) is 31.1 Å². The molecule has 0 amide bonds. The molecular formula is C17H20BN3O5. The molecule has 1 aromatic heterocycles. The number of carbonyl (C=O) groups excluding carboxylic acids is 1. The van der Waals surface area contributed by atoms with Crippen molar-refractivity contribution >= 4 is 24.4 Å². The predicted molar refractivity (Wildman–Crippen MR) is 94.9 cm³/mol. The Morgan fingerprint density at radius 2 is 2.19 bits per heavy atom. The van der Waals surface area contributed by atoms with E-state index in [1.54, 1.807) is 26.0 Å². The summed E-state index contributed by atoms with van der Waals surface area (Å²) in [7, 11) is -1.15. The van der Waals surface area contributed by atoms with Crippen molar-refractivity contribution in [2.24, 2.45) is 5.92 Å². The fourth-order valence-corrected chi connectivity index (χ4v) is 3.02. The first-order chi connectivity index (χ1) is 12.4. The zero-order valence-corrected chi connectivity index (χ0v) is 14.8. The molecule has 0 bridgehead atoms. The van der Waals surface area contributed by atoms with E-state index in [9.17, 15) is 9.82 Å². The van der Waals surface area contributed by atoms with Crippen molar-refractivity contribution in [1.82, 2.24) is 9.97 Å². The van der Waals surface area contributed by atoms with Crippen molar-refractivity contribution in [2.75, 3.05) is 12.3 Å². The Labute approximate surface area is 151 Å². The second-order valence-corrected chi connectivity index (χ2v) is 6.08. The van der Waals surface area contributed by atoms with Gasteiger partial charge in [0, 0.05) is 6.07 Å². The molecule has 1 aliphatic heterocycles. The van der Waals surface area contributed by atoms with E-state index in [1.165, 1.54) is 12.4 Å². The van der Waals surface area contributed by atoms with Crippen LogP contribution in [0.4, 0.5) is 5.82 Å². The Morgan fingerprint density at radius 1 is 1.42 bits per heavy atom. The molecule has 9 heteroatoms. The fraction of sp³-hybridized carbons (Fsp3) is 0.353. The topological polar surface area (TPSA) is 117 Å². The van der Waals surface area contributed by atoms with Gasteiger partial charge in [0.2, 0.25) is 5.88 Å². The molecule has 2 unspecified atom stereocenters. The summed E-state index contributed by atoms with van der Waals surface area (Å²) in [6.45, 7) is 5.63. The summed E-state index contributed by atoms with van der Waals surface area (Å²) >= 11 is 0. The third-order valence-corrected chi connectivity index (χ3v) is 4.22. The Morgan fingerprint density at radius 3 is 2.88 bits per heavy atom. The highest BCUT2D eigenvalue weighted by Crippen LogP contribution is 2.36. The maximum atomic E-state index is 12.1. The second kappa shape index (κ2) is 7.31. The molecule has 3 rings (SSSR count). The van der Waals surface area contributed by atoms with Crippen LogP contribution in [0.2, 0.25) is 0 Å². The predicted octanol–water partition coefficient (Wildman–Crippen LogP) is 1.12. The van der Waals surface area contributed by atoms with Crippen molar-refractivity contribution < 1.29 is 23.9 Å². The number of aromatic nitrogens is 2. The first-order valence-corrected chi connectivity index (χ1v) is 8.30. The van der Waals surface area contributed by atoms with Gasteiger partial charge < -0.3 is 24.9 Å². The number of benzene rings is 1. The van der Waals surface area contributed by atoms with Gasteiger partial charge in [0.1, 0.15) is 17.9 Å². The minimum Gasteiger partial charge on any atom is -0.466 e. The van der Waals surface area contributed by atoms with Gasteiger partial charge in [-0.3, -0.25) is 4.79 Å². The Bertz CT molecular complexity index is 832. The third-order valence-electron chi connectivity index (χ3n) is 4.22. The maximum absolute atomic E-state index is 12.1. The SMILES string of the molecule is CCOC(=O)C(C)C1OB(O)c2cc(Oc3cc(N)ncn3)cc(C)c21. The van der Waals surface area contributed by atoms with Gasteiger partial charge in [0.25, 0.3) is 0 Å². The van der Waals surface area contributed by atoms with Crippen molar-refractivity contribution in [3.05, 3.63) is 35.7 Å². The van der Waals surface area contributed by atoms with Crippen molar-refractivity contribution in [1.29, 1.82) is 0 Å². The highest BCUT2D eigenvalue weighted by Gasteiger charge is 2.42. The number of ether oxygens (including phenoxy) is 2. The fourth-order valence-electron chi connectivity index (χ4n) is 3.02. The molecule has 26 heavy (non-hydrogen) atoms. The summed E-state index contributed by atoms with van der Waals surface area (Å²) in [5, 5.41) is 10.3. The summed E-state index contributed by atoms with van der Waals surface area (Å²) in [6, 6.07) is 4.97. The summed E-state index contributed by atoms with van der Waals surface area (Å²) in [4.78, 5) is 19.9. The van der Waals surface area contributed by atoms with Crippen LogP contribution >= 0.6 is 0 Å². The van der Waals surface area contributed by atoms with Gasteiger partial charge >= 0.3 is 13.1 Å². The van der Waals surface area contributed by atoms with E-state index in [-0.39, 0.29) is 5.97 Å². The number of esters is 1. The molecule has 0 aliphatic carbocycles. The normalized spacial score (nSPS) is 16.9. The molecule has 2 aromatic rings. The molecular weight excluding hydrogens is 337 g/mol. The summed E-state index contributed by atoms with van der Waals surface area (Å²) in [5.41, 5.74) is 7.78. The van der Waals surface area contributed by atoms with E-state index < -0.39 is 19.1 Å². The van der Waals surface area contributed by atoms with Crippen LogP contribution in [0.5, 0.6) is 11.6 Å². The quantitative estimate of drug-likeness (QED) is 0.604. The van der Waals surface area contributed by atoms with Gasteiger partial charge in [-0.05, 0) is 49.5 Å². The number of rotatable bonds is 5. The summed E-state index contributed by atoms with van der Waals surface area (Å²) < 4.78 is 16.4. The van der Waals surface area contributed by atoms with Crippen LogP contribution in [-0.2, 0) is 14.2 Å².